The largest absolute Gasteiger partial charge is 0.456 e. The molecule has 0 unspecified atom stereocenters. The van der Waals surface area contributed by atoms with E-state index in [1.807, 2.05) is 0 Å². The third-order valence-corrected chi connectivity index (χ3v) is 3.80. The van der Waals surface area contributed by atoms with Crippen LogP contribution in [0.1, 0.15) is 16.1 Å². The average Bonchev–Trinajstić information content (AvgIpc) is 2.94. The van der Waals surface area contributed by atoms with E-state index in [1.54, 1.807) is 35.8 Å². The maximum atomic E-state index is 11.9. The number of benzene rings is 1. The van der Waals surface area contributed by atoms with Crippen LogP contribution in [0.2, 0.25) is 5.02 Å². The zero-order chi connectivity index (χ0) is 14.8. The molecule has 1 aromatic carbocycles. The molecule has 0 amide bonds. The van der Waals surface area contributed by atoms with Crippen LogP contribution in [0.4, 0.5) is 0 Å². The molecule has 0 aliphatic rings. The van der Waals surface area contributed by atoms with Crippen LogP contribution in [-0.2, 0) is 11.3 Å². The Hall–Kier alpha value is -2.18. The van der Waals surface area contributed by atoms with E-state index >= 15 is 0 Å². The summed E-state index contributed by atoms with van der Waals surface area (Å²) in [7, 11) is 0. The minimum absolute atomic E-state index is 0.0505. The van der Waals surface area contributed by atoms with Gasteiger partial charge in [0.25, 0.3) is 5.56 Å². The van der Waals surface area contributed by atoms with E-state index in [-0.39, 0.29) is 12.2 Å². The average molecular weight is 321 g/mol. The van der Waals surface area contributed by atoms with Crippen LogP contribution in [0.3, 0.4) is 0 Å². The van der Waals surface area contributed by atoms with E-state index < -0.39 is 5.97 Å². The van der Waals surface area contributed by atoms with Crippen molar-refractivity contribution < 1.29 is 9.53 Å². The first-order valence-corrected chi connectivity index (χ1v) is 7.28. The molecule has 0 N–H and O–H groups in total. The van der Waals surface area contributed by atoms with Gasteiger partial charge in [0.2, 0.25) is 0 Å². The van der Waals surface area contributed by atoms with Gasteiger partial charge in [0, 0.05) is 22.7 Å². The standard InChI is InChI=1S/C14H9ClN2O3S/c15-10-3-1-9(2-4-10)13(19)20-8-11-7-12(18)17-5-6-21-14(17)16-11/h1-7H,8H2. The van der Waals surface area contributed by atoms with Crippen LogP contribution in [0.15, 0.2) is 46.7 Å². The monoisotopic (exact) mass is 320 g/mol. The van der Waals surface area contributed by atoms with Crippen LogP contribution < -0.4 is 5.56 Å². The number of carbonyl (C=O) groups is 1. The van der Waals surface area contributed by atoms with Crippen LogP contribution in [0.25, 0.3) is 4.96 Å². The Kier molecular flexibility index (Phi) is 3.72. The SMILES string of the molecule is O=C(OCc1cc(=O)n2ccsc2n1)c1ccc(Cl)cc1. The zero-order valence-corrected chi connectivity index (χ0v) is 12.2. The molecule has 0 bridgehead atoms. The van der Waals surface area contributed by atoms with E-state index in [0.717, 1.165) is 0 Å². The lowest BCUT2D eigenvalue weighted by atomic mass is 10.2. The molecule has 0 fully saturated rings. The molecule has 2 heterocycles. The molecule has 0 aliphatic carbocycles. The van der Waals surface area contributed by atoms with Gasteiger partial charge in [0.05, 0.1) is 11.3 Å². The first-order chi connectivity index (χ1) is 10.1. The summed E-state index contributed by atoms with van der Waals surface area (Å²) in [4.78, 5) is 28.5. The molecule has 2 aromatic heterocycles. The Morgan fingerprint density at radius 1 is 1.33 bits per heavy atom. The Balaban J connectivity index is 1.75. The van der Waals surface area contributed by atoms with Crippen LogP contribution in [0, 0.1) is 0 Å². The maximum Gasteiger partial charge on any atom is 0.338 e. The molecule has 21 heavy (non-hydrogen) atoms. The minimum Gasteiger partial charge on any atom is -0.456 e. The van der Waals surface area contributed by atoms with E-state index in [9.17, 15) is 9.59 Å². The Bertz CT molecular complexity index is 855. The van der Waals surface area contributed by atoms with E-state index in [1.165, 1.54) is 21.8 Å². The smallest absolute Gasteiger partial charge is 0.338 e. The summed E-state index contributed by atoms with van der Waals surface area (Å²) in [5.74, 6) is -0.486. The van der Waals surface area contributed by atoms with Gasteiger partial charge >= 0.3 is 5.97 Å². The van der Waals surface area contributed by atoms with Gasteiger partial charge in [-0.25, -0.2) is 9.78 Å². The molecular formula is C14H9ClN2O3S. The predicted octanol–water partition coefficient (Wildman–Crippen LogP) is 2.77. The fourth-order valence-corrected chi connectivity index (χ4v) is 2.64. The minimum atomic E-state index is -0.486. The van der Waals surface area contributed by atoms with Gasteiger partial charge in [-0.2, -0.15) is 0 Å². The van der Waals surface area contributed by atoms with Gasteiger partial charge in [-0.05, 0) is 24.3 Å². The quantitative estimate of drug-likeness (QED) is 0.696. The van der Waals surface area contributed by atoms with Crippen molar-refractivity contribution in [3.63, 3.8) is 0 Å². The van der Waals surface area contributed by atoms with E-state index in [2.05, 4.69) is 4.98 Å². The Labute approximate surface area is 128 Å². The van der Waals surface area contributed by atoms with Gasteiger partial charge in [0.15, 0.2) is 4.96 Å². The van der Waals surface area contributed by atoms with Crippen molar-refractivity contribution in [3.8, 4) is 0 Å². The second kappa shape index (κ2) is 5.67. The van der Waals surface area contributed by atoms with Gasteiger partial charge in [0.1, 0.15) is 6.61 Å². The van der Waals surface area contributed by atoms with Gasteiger partial charge in [-0.1, -0.05) is 11.6 Å². The summed E-state index contributed by atoms with van der Waals surface area (Å²) in [5, 5.41) is 2.32. The first-order valence-electron chi connectivity index (χ1n) is 6.02. The third kappa shape index (κ3) is 2.96. The van der Waals surface area contributed by atoms with E-state index in [4.69, 9.17) is 16.3 Å². The lowest BCUT2D eigenvalue weighted by molar-refractivity contribution is 0.0468. The van der Waals surface area contributed by atoms with Crippen molar-refractivity contribution in [1.29, 1.82) is 0 Å². The number of hydrogen-bond acceptors (Lipinski definition) is 5. The summed E-state index contributed by atoms with van der Waals surface area (Å²) in [6.07, 6.45) is 1.65. The van der Waals surface area contributed by atoms with Gasteiger partial charge in [-0.15, -0.1) is 11.3 Å². The van der Waals surface area contributed by atoms with Crippen molar-refractivity contribution in [1.82, 2.24) is 9.38 Å². The molecule has 7 heteroatoms. The van der Waals surface area contributed by atoms with Crippen LogP contribution in [-0.4, -0.2) is 15.4 Å². The summed E-state index contributed by atoms with van der Waals surface area (Å²) in [6.45, 7) is -0.0505. The highest BCUT2D eigenvalue weighted by atomic mass is 35.5. The van der Waals surface area contributed by atoms with Crippen molar-refractivity contribution in [2.24, 2.45) is 0 Å². The number of halogens is 1. The topological polar surface area (TPSA) is 60.7 Å². The number of carbonyl (C=O) groups excluding carboxylic acids is 1. The highest BCUT2D eigenvalue weighted by molar-refractivity contribution is 7.15. The number of aromatic nitrogens is 2. The summed E-state index contributed by atoms with van der Waals surface area (Å²) in [6, 6.07) is 7.74. The molecule has 0 atom stereocenters. The molecule has 106 valence electrons. The highest BCUT2D eigenvalue weighted by Crippen LogP contribution is 2.12. The predicted molar refractivity (Wildman–Crippen MR) is 79.9 cm³/mol. The molecule has 3 aromatic rings. The van der Waals surface area contributed by atoms with Crippen molar-refractivity contribution in [3.05, 3.63) is 68.5 Å². The fraction of sp³-hybridized carbons (Fsp3) is 0.0714. The molecule has 3 rings (SSSR count). The molecule has 5 nitrogen and oxygen atoms in total. The molecule has 0 saturated heterocycles. The lowest BCUT2D eigenvalue weighted by Gasteiger charge is -2.04. The van der Waals surface area contributed by atoms with Crippen molar-refractivity contribution in [2.75, 3.05) is 0 Å². The number of nitrogens with zero attached hydrogens (tertiary/aromatic N) is 2. The lowest BCUT2D eigenvalue weighted by Crippen LogP contribution is -2.14. The number of ether oxygens (including phenoxy) is 1. The number of hydrogen-bond donors (Lipinski definition) is 0. The Morgan fingerprint density at radius 3 is 2.86 bits per heavy atom. The normalized spacial score (nSPS) is 10.7. The van der Waals surface area contributed by atoms with Crippen molar-refractivity contribution >= 4 is 33.9 Å². The van der Waals surface area contributed by atoms with Crippen molar-refractivity contribution in [2.45, 2.75) is 6.61 Å². The van der Waals surface area contributed by atoms with E-state index in [0.29, 0.717) is 21.2 Å². The number of rotatable bonds is 3. The third-order valence-electron chi connectivity index (χ3n) is 2.79. The highest BCUT2D eigenvalue weighted by Gasteiger charge is 2.09. The first kappa shape index (κ1) is 13.8. The van der Waals surface area contributed by atoms with Crippen LogP contribution in [0.5, 0.6) is 0 Å². The maximum absolute atomic E-state index is 11.9. The fourth-order valence-electron chi connectivity index (χ4n) is 1.77. The van der Waals surface area contributed by atoms with Gasteiger partial charge in [-0.3, -0.25) is 9.20 Å². The van der Waals surface area contributed by atoms with Gasteiger partial charge < -0.3 is 4.74 Å². The molecule has 0 spiro atoms. The number of thiazole rings is 1. The second-order valence-corrected chi connectivity index (χ2v) is 5.53. The molecular weight excluding hydrogens is 312 g/mol. The Morgan fingerprint density at radius 2 is 2.10 bits per heavy atom. The summed E-state index contributed by atoms with van der Waals surface area (Å²) in [5.41, 5.74) is 0.622. The number of fused-ring (bicyclic) bond motifs is 1. The number of esters is 1. The molecule has 0 radical (unpaired) electrons. The summed E-state index contributed by atoms with van der Waals surface area (Å²) >= 11 is 7.10. The van der Waals surface area contributed by atoms with Crippen LogP contribution >= 0.6 is 22.9 Å². The summed E-state index contributed by atoms with van der Waals surface area (Å²) < 4.78 is 6.59. The zero-order valence-electron chi connectivity index (χ0n) is 10.7. The molecule has 0 saturated carbocycles. The second-order valence-electron chi connectivity index (χ2n) is 4.22. The molecule has 0 aliphatic heterocycles.